The fraction of sp³-hybridized carbons (Fsp3) is 0.438. The van der Waals surface area contributed by atoms with Gasteiger partial charge in [-0.2, -0.15) is 0 Å². The second kappa shape index (κ2) is 6.08. The molecule has 1 aromatic rings. The van der Waals surface area contributed by atoms with Crippen molar-refractivity contribution >= 4 is 23.6 Å². The molecule has 1 aromatic carbocycles. The van der Waals surface area contributed by atoms with Gasteiger partial charge in [-0.3, -0.25) is 4.79 Å². The molecular formula is C16H19ClN2O2. The number of hydrogen-bond donors (Lipinski definition) is 1. The maximum atomic E-state index is 12.6. The number of fused-ring (bicyclic) bond motifs is 1. The molecule has 0 saturated carbocycles. The smallest absolute Gasteiger partial charge is 0.253 e. The number of nitrogens with zero attached hydrogens (tertiary/aromatic N) is 1. The van der Waals surface area contributed by atoms with Gasteiger partial charge in [-0.25, -0.2) is 0 Å². The molecule has 0 aliphatic carbocycles. The molecule has 3 rings (SSSR count). The summed E-state index contributed by atoms with van der Waals surface area (Å²) in [6, 6.07) is 5.85. The summed E-state index contributed by atoms with van der Waals surface area (Å²) < 4.78 is 5.67. The van der Waals surface area contributed by atoms with Crippen molar-refractivity contribution in [2.45, 2.75) is 18.9 Å². The molecule has 4 nitrogen and oxygen atoms in total. The average Bonchev–Trinajstić information content (AvgIpc) is 2.53. The van der Waals surface area contributed by atoms with Gasteiger partial charge in [-0.15, -0.1) is 0 Å². The molecule has 1 amide bonds. The van der Waals surface area contributed by atoms with Crippen LogP contribution in [0.4, 0.5) is 0 Å². The van der Waals surface area contributed by atoms with E-state index < -0.39 is 0 Å². The Morgan fingerprint density at radius 2 is 2.33 bits per heavy atom. The van der Waals surface area contributed by atoms with E-state index in [9.17, 15) is 4.79 Å². The fourth-order valence-corrected chi connectivity index (χ4v) is 3.05. The number of carbonyl (C=O) groups excluding carboxylic acids is 1. The highest BCUT2D eigenvalue weighted by Gasteiger charge is 2.26. The highest BCUT2D eigenvalue weighted by atomic mass is 35.5. The van der Waals surface area contributed by atoms with Crippen molar-refractivity contribution in [1.29, 1.82) is 0 Å². The summed E-state index contributed by atoms with van der Waals surface area (Å²) >= 11 is 6.00. The number of ether oxygens (including phenoxy) is 1. The Morgan fingerprint density at radius 1 is 1.48 bits per heavy atom. The zero-order chi connectivity index (χ0) is 14.8. The van der Waals surface area contributed by atoms with Crippen LogP contribution in [-0.2, 0) is 4.79 Å². The molecule has 2 heterocycles. The molecule has 2 aliphatic heterocycles. The van der Waals surface area contributed by atoms with E-state index >= 15 is 0 Å². The quantitative estimate of drug-likeness (QED) is 0.912. The van der Waals surface area contributed by atoms with Crippen LogP contribution in [0.25, 0.3) is 6.08 Å². The summed E-state index contributed by atoms with van der Waals surface area (Å²) in [5.74, 6) is 0.850. The summed E-state index contributed by atoms with van der Waals surface area (Å²) in [5.41, 5.74) is 1.57. The number of rotatable bonds is 2. The van der Waals surface area contributed by atoms with Crippen LogP contribution in [0.5, 0.6) is 5.75 Å². The molecule has 1 atom stereocenters. The summed E-state index contributed by atoms with van der Waals surface area (Å²) in [6.07, 6.45) is 4.05. The van der Waals surface area contributed by atoms with Gasteiger partial charge in [0.15, 0.2) is 0 Å². The van der Waals surface area contributed by atoms with Gasteiger partial charge in [0.2, 0.25) is 0 Å². The Balaban J connectivity index is 1.79. The van der Waals surface area contributed by atoms with Gasteiger partial charge < -0.3 is 15.0 Å². The number of likely N-dealkylation sites (tertiary alicyclic amines) is 1. The molecule has 0 bridgehead atoms. The monoisotopic (exact) mass is 306 g/mol. The SMILES string of the molecule is CNC1CCCN(C(=O)C2=Cc3cc(Cl)ccc3OC2)C1. The van der Waals surface area contributed by atoms with E-state index in [4.69, 9.17) is 16.3 Å². The summed E-state index contributed by atoms with van der Waals surface area (Å²) in [5, 5.41) is 3.90. The molecule has 5 heteroatoms. The third kappa shape index (κ3) is 3.06. The number of benzene rings is 1. The van der Waals surface area contributed by atoms with Gasteiger partial charge in [0.1, 0.15) is 12.4 Å². The minimum Gasteiger partial charge on any atom is -0.488 e. The minimum atomic E-state index is 0.0700. The van der Waals surface area contributed by atoms with E-state index in [1.165, 1.54) is 0 Å². The third-order valence-corrected chi connectivity index (χ3v) is 4.31. The lowest BCUT2D eigenvalue weighted by atomic mass is 10.0. The minimum absolute atomic E-state index is 0.0700. The summed E-state index contributed by atoms with van der Waals surface area (Å²) in [6.45, 7) is 1.90. The van der Waals surface area contributed by atoms with Crippen LogP contribution in [0.2, 0.25) is 5.02 Å². The molecular weight excluding hydrogens is 288 g/mol. The summed E-state index contributed by atoms with van der Waals surface area (Å²) in [4.78, 5) is 14.5. The predicted molar refractivity (Wildman–Crippen MR) is 83.6 cm³/mol. The highest BCUT2D eigenvalue weighted by Crippen LogP contribution is 2.29. The highest BCUT2D eigenvalue weighted by molar-refractivity contribution is 6.30. The first-order valence-corrected chi connectivity index (χ1v) is 7.64. The maximum Gasteiger partial charge on any atom is 0.253 e. The molecule has 21 heavy (non-hydrogen) atoms. The zero-order valence-electron chi connectivity index (χ0n) is 12.1. The van der Waals surface area contributed by atoms with Crippen LogP contribution >= 0.6 is 11.6 Å². The number of nitrogens with one attached hydrogen (secondary N) is 1. The molecule has 1 saturated heterocycles. The Kier molecular flexibility index (Phi) is 4.17. The number of hydrogen-bond acceptors (Lipinski definition) is 3. The van der Waals surface area contributed by atoms with E-state index in [-0.39, 0.29) is 5.91 Å². The van der Waals surface area contributed by atoms with Crippen LogP contribution in [0.1, 0.15) is 18.4 Å². The Labute approximate surface area is 129 Å². The van der Waals surface area contributed by atoms with Crippen LogP contribution in [0, 0.1) is 0 Å². The molecule has 1 N–H and O–H groups in total. The van der Waals surface area contributed by atoms with Gasteiger partial charge >= 0.3 is 0 Å². The van der Waals surface area contributed by atoms with Gasteiger partial charge in [-0.1, -0.05) is 11.6 Å². The van der Waals surface area contributed by atoms with Crippen LogP contribution in [-0.4, -0.2) is 43.6 Å². The second-order valence-electron chi connectivity index (χ2n) is 5.52. The second-order valence-corrected chi connectivity index (χ2v) is 5.96. The molecule has 112 valence electrons. The first-order chi connectivity index (χ1) is 10.2. The molecule has 1 unspecified atom stereocenters. The largest absolute Gasteiger partial charge is 0.488 e. The Morgan fingerprint density at radius 3 is 3.14 bits per heavy atom. The zero-order valence-corrected chi connectivity index (χ0v) is 12.8. The lowest BCUT2D eigenvalue weighted by Crippen LogP contribution is -2.47. The van der Waals surface area contributed by atoms with Crippen molar-refractivity contribution in [3.8, 4) is 5.75 Å². The predicted octanol–water partition coefficient (Wildman–Crippen LogP) is 2.33. The lowest BCUT2D eigenvalue weighted by Gasteiger charge is -2.33. The molecule has 0 radical (unpaired) electrons. The number of likely N-dealkylation sites (N-methyl/N-ethyl adjacent to an activating group) is 1. The lowest BCUT2D eigenvalue weighted by molar-refractivity contribution is -0.128. The van der Waals surface area contributed by atoms with Crippen molar-refractivity contribution in [1.82, 2.24) is 10.2 Å². The van der Waals surface area contributed by atoms with Crippen LogP contribution < -0.4 is 10.1 Å². The normalized spacial score (nSPS) is 21.3. The van der Waals surface area contributed by atoms with Crippen molar-refractivity contribution in [2.75, 3.05) is 26.7 Å². The first kappa shape index (κ1) is 14.4. The fourth-order valence-electron chi connectivity index (χ4n) is 2.87. The number of amides is 1. The summed E-state index contributed by atoms with van der Waals surface area (Å²) in [7, 11) is 1.94. The number of halogens is 1. The number of carbonyl (C=O) groups is 1. The number of piperidine rings is 1. The van der Waals surface area contributed by atoms with Crippen molar-refractivity contribution in [3.05, 3.63) is 34.4 Å². The van der Waals surface area contributed by atoms with Gasteiger partial charge in [-0.05, 0) is 44.2 Å². The molecule has 0 spiro atoms. The molecule has 0 aromatic heterocycles. The van der Waals surface area contributed by atoms with E-state index in [0.717, 1.165) is 37.2 Å². The third-order valence-electron chi connectivity index (χ3n) is 4.08. The average molecular weight is 307 g/mol. The van der Waals surface area contributed by atoms with Crippen molar-refractivity contribution in [3.63, 3.8) is 0 Å². The van der Waals surface area contributed by atoms with Crippen LogP contribution in [0.3, 0.4) is 0 Å². The standard InChI is InChI=1S/C16H19ClN2O2/c1-18-14-3-2-6-19(9-14)16(20)12-7-11-8-13(17)4-5-15(11)21-10-12/h4-5,7-8,14,18H,2-3,6,9-10H2,1H3. The van der Waals surface area contributed by atoms with Crippen LogP contribution in [0.15, 0.2) is 23.8 Å². The van der Waals surface area contributed by atoms with Crippen molar-refractivity contribution < 1.29 is 9.53 Å². The Bertz CT molecular complexity index is 586. The van der Waals surface area contributed by atoms with Gasteiger partial charge in [0, 0.05) is 29.7 Å². The van der Waals surface area contributed by atoms with Gasteiger partial charge in [0.25, 0.3) is 5.91 Å². The topological polar surface area (TPSA) is 41.6 Å². The Hall–Kier alpha value is -1.52. The van der Waals surface area contributed by atoms with E-state index in [1.807, 2.05) is 30.2 Å². The van der Waals surface area contributed by atoms with Gasteiger partial charge in [0.05, 0.1) is 5.57 Å². The molecule has 2 aliphatic rings. The van der Waals surface area contributed by atoms with Crippen molar-refractivity contribution in [2.24, 2.45) is 0 Å². The first-order valence-electron chi connectivity index (χ1n) is 7.27. The van der Waals surface area contributed by atoms with E-state index in [2.05, 4.69) is 5.32 Å². The van der Waals surface area contributed by atoms with E-state index in [0.29, 0.717) is 23.2 Å². The molecule has 1 fully saturated rings. The maximum absolute atomic E-state index is 12.6. The van der Waals surface area contributed by atoms with E-state index in [1.54, 1.807) is 6.07 Å².